The quantitative estimate of drug-likeness (QED) is 0.585. The van der Waals surface area contributed by atoms with E-state index >= 15 is 0 Å². The molecular weight excluding hydrogens is 326 g/mol. The third-order valence-electron chi connectivity index (χ3n) is 2.84. The number of carbonyl (C=O) groups excluding carboxylic acids is 2. The number of halogens is 1. The van der Waals surface area contributed by atoms with Gasteiger partial charge in [0.05, 0.1) is 21.1 Å². The number of aromatic hydroxyl groups is 1. The van der Waals surface area contributed by atoms with E-state index in [2.05, 4.69) is 10.9 Å². The van der Waals surface area contributed by atoms with E-state index < -0.39 is 16.7 Å². The molecule has 2 rings (SSSR count). The van der Waals surface area contributed by atoms with Gasteiger partial charge in [-0.3, -0.25) is 30.6 Å². The van der Waals surface area contributed by atoms with Gasteiger partial charge in [-0.25, -0.2) is 0 Å². The molecule has 0 aliphatic carbocycles. The highest BCUT2D eigenvalue weighted by Crippen LogP contribution is 2.21. The molecule has 0 saturated carbocycles. The largest absolute Gasteiger partial charge is 0.507 e. The lowest BCUT2D eigenvalue weighted by molar-refractivity contribution is -0.384. The number of hydrogen-bond donors (Lipinski definition) is 3. The molecule has 0 aliphatic rings. The average Bonchev–Trinajstić information content (AvgIpc) is 2.53. The summed E-state index contributed by atoms with van der Waals surface area (Å²) in [6, 6.07) is 9.09. The number of phenolic OH excluding ortho intramolecular Hbond substituents is 1. The lowest BCUT2D eigenvalue weighted by atomic mass is 10.2. The molecule has 8 nitrogen and oxygen atoms in total. The molecule has 2 aromatic carbocycles. The van der Waals surface area contributed by atoms with Crippen LogP contribution >= 0.6 is 11.6 Å². The van der Waals surface area contributed by atoms with Gasteiger partial charge in [0, 0.05) is 12.1 Å². The zero-order valence-corrected chi connectivity index (χ0v) is 12.2. The van der Waals surface area contributed by atoms with E-state index in [4.69, 9.17) is 11.6 Å². The molecule has 0 atom stereocenters. The molecule has 23 heavy (non-hydrogen) atoms. The van der Waals surface area contributed by atoms with Crippen molar-refractivity contribution in [2.24, 2.45) is 0 Å². The van der Waals surface area contributed by atoms with Crippen molar-refractivity contribution in [2.45, 2.75) is 0 Å². The summed E-state index contributed by atoms with van der Waals surface area (Å²) in [5, 5.41) is 20.2. The topological polar surface area (TPSA) is 122 Å². The third-order valence-corrected chi connectivity index (χ3v) is 3.17. The minimum Gasteiger partial charge on any atom is -0.507 e. The van der Waals surface area contributed by atoms with Gasteiger partial charge in [-0.2, -0.15) is 0 Å². The SMILES string of the molecule is O=C(NNC(=O)c1cc([N+](=O)[O-])ccc1Cl)c1ccccc1O. The summed E-state index contributed by atoms with van der Waals surface area (Å²) in [4.78, 5) is 33.8. The van der Waals surface area contributed by atoms with Crippen molar-refractivity contribution in [3.8, 4) is 5.75 Å². The zero-order chi connectivity index (χ0) is 17.0. The Kier molecular flexibility index (Phi) is 4.77. The summed E-state index contributed by atoms with van der Waals surface area (Å²) in [5.74, 6) is -1.84. The van der Waals surface area contributed by atoms with Crippen molar-refractivity contribution in [2.75, 3.05) is 0 Å². The van der Waals surface area contributed by atoms with Gasteiger partial charge < -0.3 is 5.11 Å². The van der Waals surface area contributed by atoms with Crippen LogP contribution in [0.25, 0.3) is 0 Å². The van der Waals surface area contributed by atoms with Gasteiger partial charge >= 0.3 is 0 Å². The summed E-state index contributed by atoms with van der Waals surface area (Å²) in [6.45, 7) is 0. The predicted molar refractivity (Wildman–Crippen MR) is 81.1 cm³/mol. The van der Waals surface area contributed by atoms with Gasteiger partial charge in [0.1, 0.15) is 5.75 Å². The summed E-state index contributed by atoms with van der Waals surface area (Å²) >= 11 is 5.82. The van der Waals surface area contributed by atoms with Crippen molar-refractivity contribution in [3.63, 3.8) is 0 Å². The minimum atomic E-state index is -0.831. The standard InChI is InChI=1S/C14H10ClN3O5/c15-11-6-5-8(18(22)23)7-10(11)14(21)17-16-13(20)9-3-1-2-4-12(9)19/h1-7,19H,(H,16,20)(H,17,21). The molecule has 0 saturated heterocycles. The second kappa shape index (κ2) is 6.75. The second-order valence-electron chi connectivity index (χ2n) is 4.35. The number of nitro benzene ring substituents is 1. The number of nitrogens with zero attached hydrogens (tertiary/aromatic N) is 1. The number of non-ortho nitro benzene ring substituents is 1. The second-order valence-corrected chi connectivity index (χ2v) is 4.75. The fraction of sp³-hybridized carbons (Fsp3) is 0. The first-order chi connectivity index (χ1) is 10.9. The van der Waals surface area contributed by atoms with Crippen molar-refractivity contribution in [1.82, 2.24) is 10.9 Å². The number of nitro groups is 1. The molecule has 0 heterocycles. The van der Waals surface area contributed by atoms with Crippen LogP contribution < -0.4 is 10.9 Å². The van der Waals surface area contributed by atoms with E-state index in [1.54, 1.807) is 0 Å². The minimum absolute atomic E-state index is 0.00935. The van der Waals surface area contributed by atoms with Crippen molar-refractivity contribution >= 4 is 29.1 Å². The summed E-state index contributed by atoms with van der Waals surface area (Å²) in [5.41, 5.74) is 3.64. The molecule has 0 aromatic heterocycles. The fourth-order valence-electron chi connectivity index (χ4n) is 1.71. The molecule has 0 spiro atoms. The van der Waals surface area contributed by atoms with Crippen molar-refractivity contribution < 1.29 is 19.6 Å². The van der Waals surface area contributed by atoms with E-state index in [-0.39, 0.29) is 27.6 Å². The Morgan fingerprint density at radius 1 is 1.04 bits per heavy atom. The fourth-order valence-corrected chi connectivity index (χ4v) is 1.92. The summed E-state index contributed by atoms with van der Waals surface area (Å²) < 4.78 is 0. The van der Waals surface area contributed by atoms with Crippen LogP contribution in [0.2, 0.25) is 5.02 Å². The molecular formula is C14H10ClN3O5. The number of para-hydroxylation sites is 1. The van der Waals surface area contributed by atoms with Crippen LogP contribution in [0.4, 0.5) is 5.69 Å². The maximum atomic E-state index is 12.0. The molecule has 0 radical (unpaired) electrons. The Bertz CT molecular complexity index is 794. The molecule has 0 aliphatic heterocycles. The lowest BCUT2D eigenvalue weighted by Gasteiger charge is -2.09. The normalized spacial score (nSPS) is 9.96. The summed E-state index contributed by atoms with van der Waals surface area (Å²) in [7, 11) is 0. The molecule has 9 heteroatoms. The van der Waals surface area contributed by atoms with E-state index in [0.29, 0.717) is 0 Å². The van der Waals surface area contributed by atoms with Gasteiger partial charge in [0.15, 0.2) is 0 Å². The van der Waals surface area contributed by atoms with Crippen molar-refractivity contribution in [3.05, 3.63) is 68.7 Å². The van der Waals surface area contributed by atoms with E-state index in [9.17, 15) is 24.8 Å². The number of carbonyl (C=O) groups is 2. The van der Waals surface area contributed by atoms with Gasteiger partial charge in [-0.05, 0) is 18.2 Å². The summed E-state index contributed by atoms with van der Waals surface area (Å²) in [6.07, 6.45) is 0. The highest BCUT2D eigenvalue weighted by atomic mass is 35.5. The first kappa shape index (κ1) is 16.2. The number of hydrazine groups is 1. The molecule has 3 N–H and O–H groups in total. The van der Waals surface area contributed by atoms with Gasteiger partial charge in [0.2, 0.25) is 0 Å². The van der Waals surface area contributed by atoms with Gasteiger partial charge in [-0.1, -0.05) is 23.7 Å². The van der Waals surface area contributed by atoms with Gasteiger partial charge in [0.25, 0.3) is 17.5 Å². The smallest absolute Gasteiger partial charge is 0.273 e. The van der Waals surface area contributed by atoms with Crippen LogP contribution in [0.1, 0.15) is 20.7 Å². The van der Waals surface area contributed by atoms with E-state index in [0.717, 1.165) is 12.1 Å². The van der Waals surface area contributed by atoms with Crippen LogP contribution in [0.15, 0.2) is 42.5 Å². The first-order valence-corrected chi connectivity index (χ1v) is 6.60. The maximum Gasteiger partial charge on any atom is 0.273 e. The molecule has 2 aromatic rings. The predicted octanol–water partition coefficient (Wildman–Crippen LogP) is 2.03. The van der Waals surface area contributed by atoms with Crippen molar-refractivity contribution in [1.29, 1.82) is 0 Å². The number of amides is 2. The van der Waals surface area contributed by atoms with Crippen LogP contribution in [-0.4, -0.2) is 21.8 Å². The number of phenols is 1. The Morgan fingerprint density at radius 2 is 1.65 bits per heavy atom. The number of rotatable bonds is 3. The highest BCUT2D eigenvalue weighted by molar-refractivity contribution is 6.34. The molecule has 0 bridgehead atoms. The molecule has 2 amide bonds. The highest BCUT2D eigenvalue weighted by Gasteiger charge is 2.17. The number of nitrogens with one attached hydrogen (secondary N) is 2. The van der Waals surface area contributed by atoms with E-state index in [1.807, 2.05) is 0 Å². The average molecular weight is 336 g/mol. The first-order valence-electron chi connectivity index (χ1n) is 6.22. The Hall–Kier alpha value is -3.13. The van der Waals surface area contributed by atoms with E-state index in [1.165, 1.54) is 30.3 Å². The van der Waals surface area contributed by atoms with Crippen LogP contribution in [-0.2, 0) is 0 Å². The zero-order valence-electron chi connectivity index (χ0n) is 11.4. The number of benzene rings is 2. The Labute approximate surface area is 134 Å². The maximum absolute atomic E-state index is 12.0. The molecule has 0 unspecified atom stereocenters. The monoisotopic (exact) mass is 335 g/mol. The Balaban J connectivity index is 2.11. The molecule has 0 fully saturated rings. The third kappa shape index (κ3) is 3.74. The van der Waals surface area contributed by atoms with Crippen LogP contribution in [0.5, 0.6) is 5.75 Å². The van der Waals surface area contributed by atoms with Crippen LogP contribution in [0.3, 0.4) is 0 Å². The van der Waals surface area contributed by atoms with Crippen LogP contribution in [0, 0.1) is 10.1 Å². The lowest BCUT2D eigenvalue weighted by Crippen LogP contribution is -2.41. The number of hydrogen-bond acceptors (Lipinski definition) is 5. The van der Waals surface area contributed by atoms with Gasteiger partial charge in [-0.15, -0.1) is 0 Å². The molecule has 118 valence electrons. The Morgan fingerprint density at radius 3 is 2.26 bits per heavy atom.